The van der Waals surface area contributed by atoms with Crippen LogP contribution in [0.2, 0.25) is 0 Å². The molecule has 2 aromatic carbocycles. The van der Waals surface area contributed by atoms with Gasteiger partial charge in [0, 0.05) is 16.9 Å². The van der Waals surface area contributed by atoms with E-state index in [1.807, 2.05) is 68.4 Å². The van der Waals surface area contributed by atoms with Crippen LogP contribution in [0.3, 0.4) is 0 Å². The van der Waals surface area contributed by atoms with Gasteiger partial charge in [0.05, 0.1) is 7.11 Å². The Bertz CT molecular complexity index is 975. The standard InChI is InChI=1S/C23H23NO3S/c1-15-9-11-17(12-10-15)13-14-19(25)24-22-21(23(26)27-3)20(16(2)28-22)18-7-5-4-6-8-18/h4-12H,13-14H2,1-3H3,(H,24,25). The Kier molecular flexibility index (Phi) is 6.26. The van der Waals surface area contributed by atoms with Gasteiger partial charge in [0.25, 0.3) is 0 Å². The molecule has 1 N–H and O–H groups in total. The van der Waals surface area contributed by atoms with Crippen molar-refractivity contribution in [1.82, 2.24) is 0 Å². The first-order valence-corrected chi connectivity index (χ1v) is 9.93. The van der Waals surface area contributed by atoms with E-state index in [2.05, 4.69) is 5.32 Å². The SMILES string of the molecule is COC(=O)c1c(NC(=O)CCc2ccc(C)cc2)sc(C)c1-c1ccccc1. The molecule has 0 saturated heterocycles. The Morgan fingerprint density at radius 1 is 1.00 bits per heavy atom. The van der Waals surface area contributed by atoms with Crippen molar-refractivity contribution in [3.63, 3.8) is 0 Å². The smallest absolute Gasteiger partial charge is 0.341 e. The first-order valence-electron chi connectivity index (χ1n) is 9.12. The fourth-order valence-corrected chi connectivity index (χ4v) is 4.16. The van der Waals surface area contributed by atoms with Crippen LogP contribution in [0.5, 0.6) is 0 Å². The van der Waals surface area contributed by atoms with Crippen LogP contribution >= 0.6 is 11.3 Å². The quantitative estimate of drug-likeness (QED) is 0.571. The van der Waals surface area contributed by atoms with Gasteiger partial charge >= 0.3 is 5.97 Å². The van der Waals surface area contributed by atoms with Crippen LogP contribution in [0, 0.1) is 13.8 Å². The number of benzene rings is 2. The molecule has 0 spiro atoms. The fourth-order valence-electron chi connectivity index (χ4n) is 3.08. The number of esters is 1. The minimum atomic E-state index is -0.447. The van der Waals surface area contributed by atoms with Crippen molar-refractivity contribution in [2.24, 2.45) is 0 Å². The second kappa shape index (κ2) is 8.85. The molecule has 4 nitrogen and oxygen atoms in total. The van der Waals surface area contributed by atoms with Crippen molar-refractivity contribution < 1.29 is 14.3 Å². The molecule has 144 valence electrons. The van der Waals surface area contributed by atoms with Gasteiger partial charge in [-0.25, -0.2) is 4.79 Å². The maximum atomic E-state index is 12.5. The van der Waals surface area contributed by atoms with Gasteiger partial charge in [0.1, 0.15) is 10.6 Å². The molecule has 0 aliphatic rings. The van der Waals surface area contributed by atoms with Crippen molar-refractivity contribution >= 4 is 28.2 Å². The van der Waals surface area contributed by atoms with E-state index in [0.717, 1.165) is 21.6 Å². The van der Waals surface area contributed by atoms with Crippen LogP contribution in [-0.2, 0) is 16.0 Å². The molecule has 0 saturated carbocycles. The largest absolute Gasteiger partial charge is 0.465 e. The van der Waals surface area contributed by atoms with E-state index in [0.29, 0.717) is 23.4 Å². The van der Waals surface area contributed by atoms with Gasteiger partial charge in [-0.15, -0.1) is 11.3 Å². The Morgan fingerprint density at radius 3 is 2.32 bits per heavy atom. The van der Waals surface area contributed by atoms with Gasteiger partial charge in [0.15, 0.2) is 0 Å². The summed E-state index contributed by atoms with van der Waals surface area (Å²) in [5.41, 5.74) is 4.46. The van der Waals surface area contributed by atoms with Gasteiger partial charge in [-0.1, -0.05) is 60.2 Å². The number of hydrogen-bond donors (Lipinski definition) is 1. The molecule has 0 bridgehead atoms. The summed E-state index contributed by atoms with van der Waals surface area (Å²) in [6.45, 7) is 3.98. The van der Waals surface area contributed by atoms with E-state index >= 15 is 0 Å². The topological polar surface area (TPSA) is 55.4 Å². The van der Waals surface area contributed by atoms with Crippen LogP contribution < -0.4 is 5.32 Å². The van der Waals surface area contributed by atoms with Crippen molar-refractivity contribution in [2.75, 3.05) is 12.4 Å². The predicted molar refractivity (Wildman–Crippen MR) is 114 cm³/mol. The highest BCUT2D eigenvalue weighted by atomic mass is 32.1. The first kappa shape index (κ1) is 19.8. The third-order valence-electron chi connectivity index (χ3n) is 4.55. The van der Waals surface area contributed by atoms with Gasteiger partial charge < -0.3 is 10.1 Å². The van der Waals surface area contributed by atoms with Gasteiger partial charge in [-0.2, -0.15) is 0 Å². The van der Waals surface area contributed by atoms with E-state index in [-0.39, 0.29) is 5.91 Å². The average Bonchev–Trinajstić information content (AvgIpc) is 3.03. The molecule has 0 atom stereocenters. The first-order chi connectivity index (χ1) is 13.5. The number of nitrogens with one attached hydrogen (secondary N) is 1. The number of carbonyl (C=O) groups excluding carboxylic acids is 2. The maximum Gasteiger partial charge on any atom is 0.341 e. The number of methoxy groups -OCH3 is 1. The second-order valence-corrected chi connectivity index (χ2v) is 7.85. The van der Waals surface area contributed by atoms with Crippen LogP contribution in [0.4, 0.5) is 5.00 Å². The minimum absolute atomic E-state index is 0.119. The van der Waals surface area contributed by atoms with Crippen LogP contribution in [-0.4, -0.2) is 19.0 Å². The summed E-state index contributed by atoms with van der Waals surface area (Å²) in [4.78, 5) is 25.9. The number of hydrogen-bond acceptors (Lipinski definition) is 4. The summed E-state index contributed by atoms with van der Waals surface area (Å²) in [5.74, 6) is -0.566. The van der Waals surface area contributed by atoms with Gasteiger partial charge in [0.2, 0.25) is 5.91 Å². The van der Waals surface area contributed by atoms with Crippen molar-refractivity contribution in [3.8, 4) is 11.1 Å². The summed E-state index contributed by atoms with van der Waals surface area (Å²) >= 11 is 1.40. The number of amides is 1. The molecule has 1 amide bonds. The highest BCUT2D eigenvalue weighted by molar-refractivity contribution is 7.17. The molecule has 3 rings (SSSR count). The van der Waals surface area contributed by atoms with Gasteiger partial charge in [-0.05, 0) is 31.4 Å². The maximum absolute atomic E-state index is 12.5. The minimum Gasteiger partial charge on any atom is -0.465 e. The monoisotopic (exact) mass is 393 g/mol. The molecular weight excluding hydrogens is 370 g/mol. The molecule has 0 fully saturated rings. The Hall–Kier alpha value is -2.92. The molecule has 0 unspecified atom stereocenters. The lowest BCUT2D eigenvalue weighted by Gasteiger charge is -2.08. The molecule has 28 heavy (non-hydrogen) atoms. The molecule has 3 aromatic rings. The second-order valence-electron chi connectivity index (χ2n) is 6.63. The molecule has 1 heterocycles. The van der Waals surface area contributed by atoms with Crippen LogP contribution in [0.1, 0.15) is 32.8 Å². The zero-order chi connectivity index (χ0) is 20.1. The predicted octanol–water partition coefficient (Wildman–Crippen LogP) is 5.39. The fraction of sp³-hybridized carbons (Fsp3) is 0.217. The third kappa shape index (κ3) is 4.49. The zero-order valence-electron chi connectivity index (χ0n) is 16.2. The van der Waals surface area contributed by atoms with Crippen molar-refractivity contribution in [3.05, 3.63) is 76.2 Å². The van der Waals surface area contributed by atoms with Crippen molar-refractivity contribution in [1.29, 1.82) is 0 Å². The summed E-state index contributed by atoms with van der Waals surface area (Å²) in [7, 11) is 1.35. The highest BCUT2D eigenvalue weighted by Crippen LogP contribution is 2.40. The number of ether oxygens (including phenoxy) is 1. The summed E-state index contributed by atoms with van der Waals surface area (Å²) in [6.07, 6.45) is 0.997. The molecule has 1 aromatic heterocycles. The number of aryl methyl sites for hydroxylation is 3. The lowest BCUT2D eigenvalue weighted by atomic mass is 10.0. The summed E-state index contributed by atoms with van der Waals surface area (Å²) < 4.78 is 4.99. The number of rotatable bonds is 6. The zero-order valence-corrected chi connectivity index (χ0v) is 17.1. The van der Waals surface area contributed by atoms with E-state index < -0.39 is 5.97 Å². The third-order valence-corrected chi connectivity index (χ3v) is 5.57. The summed E-state index contributed by atoms with van der Waals surface area (Å²) in [5, 5.41) is 3.46. The van der Waals surface area contributed by atoms with Crippen molar-refractivity contribution in [2.45, 2.75) is 26.7 Å². The Labute approximate surface area is 169 Å². The van der Waals surface area contributed by atoms with Crippen LogP contribution in [0.15, 0.2) is 54.6 Å². The normalized spacial score (nSPS) is 10.5. The van der Waals surface area contributed by atoms with Gasteiger partial charge in [-0.3, -0.25) is 4.79 Å². The number of carbonyl (C=O) groups is 2. The lowest BCUT2D eigenvalue weighted by molar-refractivity contribution is -0.116. The molecule has 0 aliphatic carbocycles. The average molecular weight is 394 g/mol. The molecular formula is C23H23NO3S. The Morgan fingerprint density at radius 2 is 1.68 bits per heavy atom. The number of anilines is 1. The number of thiophene rings is 1. The molecule has 0 radical (unpaired) electrons. The molecule has 5 heteroatoms. The lowest BCUT2D eigenvalue weighted by Crippen LogP contribution is -2.14. The van der Waals surface area contributed by atoms with E-state index in [9.17, 15) is 9.59 Å². The summed E-state index contributed by atoms with van der Waals surface area (Å²) in [6, 6.07) is 17.8. The molecule has 0 aliphatic heterocycles. The van der Waals surface area contributed by atoms with E-state index in [1.54, 1.807) is 0 Å². The highest BCUT2D eigenvalue weighted by Gasteiger charge is 2.24. The Balaban J connectivity index is 1.82. The van der Waals surface area contributed by atoms with Crippen LogP contribution in [0.25, 0.3) is 11.1 Å². The van der Waals surface area contributed by atoms with E-state index in [4.69, 9.17) is 4.74 Å². The van der Waals surface area contributed by atoms with E-state index in [1.165, 1.54) is 24.0 Å².